The Labute approximate surface area is 110 Å². The van der Waals surface area contributed by atoms with Crippen LogP contribution in [-0.4, -0.2) is 6.26 Å². The maximum atomic E-state index is 6.12. The van der Waals surface area contributed by atoms with Crippen molar-refractivity contribution in [2.45, 2.75) is 43.5 Å². The molecule has 1 nitrogen and oxygen atoms in total. The Morgan fingerprint density at radius 1 is 1.19 bits per heavy atom. The fraction of sp³-hybridized carbons (Fsp3) is 0.538. The molecule has 0 fully saturated rings. The van der Waals surface area contributed by atoms with Crippen molar-refractivity contribution in [1.29, 1.82) is 0 Å². The molecule has 0 radical (unpaired) electrons. The lowest BCUT2D eigenvalue weighted by Crippen LogP contribution is -2.09. The molecule has 3 heteroatoms. The molecular weight excluding hydrogens is 238 g/mol. The average molecular weight is 260 g/mol. The molecule has 0 unspecified atom stereocenters. The molecule has 16 heavy (non-hydrogen) atoms. The number of hydrogen-bond donors (Lipinski definition) is 1. The van der Waals surface area contributed by atoms with E-state index >= 15 is 0 Å². The third-order valence-corrected chi connectivity index (χ3v) is 3.41. The first kappa shape index (κ1) is 15.8. The minimum absolute atomic E-state index is 0. The van der Waals surface area contributed by atoms with Crippen LogP contribution < -0.4 is 5.73 Å². The summed E-state index contributed by atoms with van der Waals surface area (Å²) in [4.78, 5) is 1.31. The molecule has 0 aromatic heterocycles. The van der Waals surface area contributed by atoms with Crippen LogP contribution in [0.15, 0.2) is 29.2 Å². The monoisotopic (exact) mass is 259 g/mol. The van der Waals surface area contributed by atoms with E-state index in [2.05, 4.69) is 37.4 Å². The molecule has 92 valence electrons. The van der Waals surface area contributed by atoms with Crippen molar-refractivity contribution >= 4 is 24.2 Å². The Hall–Kier alpha value is -0.180. The van der Waals surface area contributed by atoms with Crippen LogP contribution in [0.25, 0.3) is 0 Å². The minimum Gasteiger partial charge on any atom is -0.324 e. The van der Waals surface area contributed by atoms with Crippen molar-refractivity contribution in [3.63, 3.8) is 0 Å². The quantitative estimate of drug-likeness (QED) is 0.605. The van der Waals surface area contributed by atoms with Gasteiger partial charge < -0.3 is 5.73 Å². The molecule has 0 bridgehead atoms. The second kappa shape index (κ2) is 8.91. The van der Waals surface area contributed by atoms with E-state index in [0.717, 1.165) is 6.42 Å². The smallest absolute Gasteiger partial charge is 0.0294 e. The number of hydrogen-bond acceptors (Lipinski definition) is 2. The Kier molecular flexibility index (Phi) is 8.81. The summed E-state index contributed by atoms with van der Waals surface area (Å²) in [6, 6.07) is 8.83. The highest BCUT2D eigenvalue weighted by Crippen LogP contribution is 2.21. The lowest BCUT2D eigenvalue weighted by Gasteiger charge is -2.11. The summed E-state index contributed by atoms with van der Waals surface area (Å²) in [5, 5.41) is 0. The molecule has 1 atom stereocenters. The molecule has 0 spiro atoms. The highest BCUT2D eigenvalue weighted by Gasteiger charge is 2.04. The molecule has 0 amide bonds. The van der Waals surface area contributed by atoms with Crippen molar-refractivity contribution in [3.05, 3.63) is 29.8 Å². The normalized spacial score (nSPS) is 11.9. The standard InChI is InChI=1S/C13H21NS.ClH/c1-3-4-5-6-13(14)11-7-9-12(15-2)10-8-11;/h7-10,13H,3-6,14H2,1-2H3;1H/t13-;/m0./s1. The van der Waals surface area contributed by atoms with E-state index in [1.165, 1.54) is 29.7 Å². The zero-order valence-electron chi connectivity index (χ0n) is 10.1. The molecule has 0 saturated heterocycles. The van der Waals surface area contributed by atoms with Gasteiger partial charge >= 0.3 is 0 Å². The molecule has 0 heterocycles. The van der Waals surface area contributed by atoms with Crippen LogP contribution in [-0.2, 0) is 0 Å². The van der Waals surface area contributed by atoms with E-state index in [1.54, 1.807) is 11.8 Å². The van der Waals surface area contributed by atoms with Crippen molar-refractivity contribution in [1.82, 2.24) is 0 Å². The van der Waals surface area contributed by atoms with Gasteiger partial charge in [-0.2, -0.15) is 0 Å². The molecule has 2 N–H and O–H groups in total. The van der Waals surface area contributed by atoms with E-state index in [0.29, 0.717) is 0 Å². The van der Waals surface area contributed by atoms with Crippen LogP contribution in [0, 0.1) is 0 Å². The summed E-state index contributed by atoms with van der Waals surface area (Å²) >= 11 is 1.77. The lowest BCUT2D eigenvalue weighted by molar-refractivity contribution is 0.581. The number of benzene rings is 1. The first-order valence-electron chi connectivity index (χ1n) is 5.67. The van der Waals surface area contributed by atoms with Gasteiger partial charge in [0.1, 0.15) is 0 Å². The lowest BCUT2D eigenvalue weighted by atomic mass is 10.0. The van der Waals surface area contributed by atoms with Crippen molar-refractivity contribution in [2.24, 2.45) is 5.73 Å². The number of unbranched alkanes of at least 4 members (excludes halogenated alkanes) is 2. The summed E-state index contributed by atoms with van der Waals surface area (Å²) in [5.74, 6) is 0. The maximum absolute atomic E-state index is 6.12. The third-order valence-electron chi connectivity index (χ3n) is 2.66. The fourth-order valence-corrected chi connectivity index (χ4v) is 2.04. The summed E-state index contributed by atoms with van der Waals surface area (Å²) in [6.07, 6.45) is 6.99. The van der Waals surface area contributed by atoms with Crippen molar-refractivity contribution < 1.29 is 0 Å². The molecule has 1 aromatic carbocycles. The molecular formula is C13H22ClNS. The summed E-state index contributed by atoms with van der Waals surface area (Å²) in [5.41, 5.74) is 7.39. The van der Waals surface area contributed by atoms with Gasteiger partial charge in [-0.05, 0) is 30.4 Å². The number of nitrogens with two attached hydrogens (primary N) is 1. The Balaban J connectivity index is 0.00000225. The SMILES string of the molecule is CCCCC[C@H](N)c1ccc(SC)cc1.Cl. The van der Waals surface area contributed by atoms with Crippen LogP contribution in [0.4, 0.5) is 0 Å². The van der Waals surface area contributed by atoms with Crippen molar-refractivity contribution in [2.75, 3.05) is 6.26 Å². The average Bonchev–Trinajstić information content (AvgIpc) is 2.29. The van der Waals surface area contributed by atoms with Gasteiger partial charge in [-0.3, -0.25) is 0 Å². The van der Waals surface area contributed by atoms with Gasteiger partial charge in [-0.15, -0.1) is 24.2 Å². The Morgan fingerprint density at radius 2 is 1.81 bits per heavy atom. The maximum Gasteiger partial charge on any atom is 0.0294 e. The van der Waals surface area contributed by atoms with Crippen molar-refractivity contribution in [3.8, 4) is 0 Å². The molecule has 1 aromatic rings. The van der Waals surface area contributed by atoms with E-state index in [1.807, 2.05) is 0 Å². The fourth-order valence-electron chi connectivity index (χ4n) is 1.63. The summed E-state index contributed by atoms with van der Waals surface area (Å²) < 4.78 is 0. The van der Waals surface area contributed by atoms with Gasteiger partial charge in [-0.1, -0.05) is 38.3 Å². The van der Waals surface area contributed by atoms with Crippen LogP contribution in [0.3, 0.4) is 0 Å². The van der Waals surface area contributed by atoms with Crippen LogP contribution in [0.1, 0.15) is 44.2 Å². The molecule has 0 aliphatic heterocycles. The second-order valence-electron chi connectivity index (χ2n) is 3.88. The molecule has 0 saturated carbocycles. The van der Waals surface area contributed by atoms with Crippen LogP contribution >= 0.6 is 24.2 Å². The first-order valence-corrected chi connectivity index (χ1v) is 6.90. The summed E-state index contributed by atoms with van der Waals surface area (Å²) in [6.45, 7) is 2.22. The number of halogens is 1. The number of rotatable bonds is 6. The van der Waals surface area contributed by atoms with Gasteiger partial charge in [0.15, 0.2) is 0 Å². The molecule has 1 rings (SSSR count). The number of thioether (sulfide) groups is 1. The van der Waals surface area contributed by atoms with E-state index < -0.39 is 0 Å². The van der Waals surface area contributed by atoms with Crippen LogP contribution in [0.2, 0.25) is 0 Å². The second-order valence-corrected chi connectivity index (χ2v) is 4.76. The summed E-state index contributed by atoms with van der Waals surface area (Å²) in [7, 11) is 0. The van der Waals surface area contributed by atoms with Gasteiger partial charge in [0.2, 0.25) is 0 Å². The highest BCUT2D eigenvalue weighted by molar-refractivity contribution is 7.98. The Morgan fingerprint density at radius 3 is 2.31 bits per heavy atom. The van der Waals surface area contributed by atoms with E-state index in [-0.39, 0.29) is 18.4 Å². The van der Waals surface area contributed by atoms with Gasteiger partial charge in [0, 0.05) is 10.9 Å². The topological polar surface area (TPSA) is 26.0 Å². The largest absolute Gasteiger partial charge is 0.324 e. The first-order chi connectivity index (χ1) is 7.27. The van der Waals surface area contributed by atoms with E-state index in [9.17, 15) is 0 Å². The van der Waals surface area contributed by atoms with Gasteiger partial charge in [0.05, 0.1) is 0 Å². The molecule has 0 aliphatic carbocycles. The van der Waals surface area contributed by atoms with E-state index in [4.69, 9.17) is 5.73 Å². The predicted octanol–water partition coefficient (Wildman–Crippen LogP) is 4.41. The molecule has 0 aliphatic rings. The van der Waals surface area contributed by atoms with Gasteiger partial charge in [-0.25, -0.2) is 0 Å². The minimum atomic E-state index is 0. The highest BCUT2D eigenvalue weighted by atomic mass is 35.5. The zero-order chi connectivity index (χ0) is 11.1. The zero-order valence-corrected chi connectivity index (χ0v) is 11.7. The van der Waals surface area contributed by atoms with Gasteiger partial charge in [0.25, 0.3) is 0 Å². The van der Waals surface area contributed by atoms with Crippen LogP contribution in [0.5, 0.6) is 0 Å². The third kappa shape index (κ3) is 5.24. The Bertz CT molecular complexity index is 274. The predicted molar refractivity (Wildman–Crippen MR) is 76.5 cm³/mol.